The van der Waals surface area contributed by atoms with E-state index in [4.69, 9.17) is 0 Å². The summed E-state index contributed by atoms with van der Waals surface area (Å²) in [6, 6.07) is 3.57. The maximum Gasteiger partial charge on any atom is 0.0246 e. The lowest BCUT2D eigenvalue weighted by molar-refractivity contribution is 0.166. The number of nitrogens with one attached hydrogen (secondary N) is 1. The summed E-state index contributed by atoms with van der Waals surface area (Å²) in [6.07, 6.45) is 0. The quantitative estimate of drug-likeness (QED) is 0.852. The third kappa shape index (κ3) is 2.84. The van der Waals surface area contributed by atoms with Gasteiger partial charge < -0.3 is 5.32 Å². The lowest BCUT2D eigenvalue weighted by Crippen LogP contribution is -2.53. The fraction of sp³-hybridized carbons (Fsp3) is 0.692. The van der Waals surface area contributed by atoms with Crippen LogP contribution in [0.4, 0.5) is 0 Å². The molecule has 2 unspecified atom stereocenters. The largest absolute Gasteiger partial charge is 0.309 e. The van der Waals surface area contributed by atoms with Crippen molar-refractivity contribution in [1.29, 1.82) is 0 Å². The fourth-order valence-electron chi connectivity index (χ4n) is 2.65. The molecule has 90 valence electrons. The summed E-state index contributed by atoms with van der Waals surface area (Å²) in [5.41, 5.74) is 1.52. The van der Waals surface area contributed by atoms with Crippen LogP contribution in [0.5, 0.6) is 0 Å². The van der Waals surface area contributed by atoms with Crippen molar-refractivity contribution in [3.63, 3.8) is 0 Å². The molecule has 0 radical (unpaired) electrons. The van der Waals surface area contributed by atoms with Gasteiger partial charge >= 0.3 is 0 Å². The lowest BCUT2D eigenvalue weighted by atomic mass is 10.1. The molecule has 0 aliphatic carbocycles. The molecule has 1 aromatic heterocycles. The number of piperazine rings is 1. The van der Waals surface area contributed by atoms with Crippen LogP contribution in [-0.4, -0.2) is 30.1 Å². The van der Waals surface area contributed by atoms with Crippen molar-refractivity contribution in [2.24, 2.45) is 0 Å². The number of aryl methyl sites for hydroxylation is 2. The Bertz CT molecular complexity index is 349. The Balaban J connectivity index is 2.01. The second-order valence-corrected chi connectivity index (χ2v) is 6.56. The van der Waals surface area contributed by atoms with Gasteiger partial charge in [0.15, 0.2) is 0 Å². The van der Waals surface area contributed by atoms with Gasteiger partial charge in [-0.25, -0.2) is 0 Å². The molecule has 2 nitrogen and oxygen atoms in total. The lowest BCUT2D eigenvalue weighted by Gasteiger charge is -2.36. The van der Waals surface area contributed by atoms with E-state index in [1.807, 2.05) is 11.3 Å². The molecule has 0 saturated carbocycles. The third-order valence-corrected chi connectivity index (χ3v) is 4.18. The van der Waals surface area contributed by atoms with Crippen molar-refractivity contribution in [3.8, 4) is 0 Å². The Morgan fingerprint density at radius 3 is 2.44 bits per heavy atom. The van der Waals surface area contributed by atoms with Crippen LogP contribution in [0.1, 0.15) is 29.2 Å². The van der Waals surface area contributed by atoms with Gasteiger partial charge in [0.2, 0.25) is 0 Å². The molecule has 0 bridgehead atoms. The van der Waals surface area contributed by atoms with E-state index in [-0.39, 0.29) is 0 Å². The van der Waals surface area contributed by atoms with Crippen molar-refractivity contribution in [3.05, 3.63) is 21.4 Å². The van der Waals surface area contributed by atoms with E-state index in [1.54, 1.807) is 0 Å². The fourth-order valence-corrected chi connectivity index (χ4v) is 3.59. The molecule has 1 N–H and O–H groups in total. The predicted molar refractivity (Wildman–Crippen MR) is 71.1 cm³/mol. The normalized spacial score (nSPS) is 27.2. The average molecular weight is 238 g/mol. The molecule has 0 spiro atoms. The first kappa shape index (κ1) is 12.1. The Morgan fingerprint density at radius 2 is 1.94 bits per heavy atom. The van der Waals surface area contributed by atoms with Crippen LogP contribution in [0.25, 0.3) is 0 Å². The minimum atomic E-state index is 0.615. The molecule has 3 heteroatoms. The molecule has 0 aromatic carbocycles. The maximum absolute atomic E-state index is 3.58. The van der Waals surface area contributed by atoms with E-state index >= 15 is 0 Å². The summed E-state index contributed by atoms with van der Waals surface area (Å²) in [5, 5.41) is 3.58. The molecular formula is C13H22N2S. The highest BCUT2D eigenvalue weighted by molar-refractivity contribution is 7.12. The van der Waals surface area contributed by atoms with Gasteiger partial charge in [0.25, 0.3) is 0 Å². The average Bonchev–Trinajstić information content (AvgIpc) is 2.43. The Hall–Kier alpha value is -0.380. The highest BCUT2D eigenvalue weighted by Gasteiger charge is 2.21. The molecule has 16 heavy (non-hydrogen) atoms. The van der Waals surface area contributed by atoms with E-state index in [9.17, 15) is 0 Å². The first-order chi connectivity index (χ1) is 7.54. The number of thiophene rings is 1. The summed E-state index contributed by atoms with van der Waals surface area (Å²) in [6.45, 7) is 12.4. The summed E-state index contributed by atoms with van der Waals surface area (Å²) < 4.78 is 0. The van der Waals surface area contributed by atoms with Crippen LogP contribution in [0.3, 0.4) is 0 Å². The minimum Gasteiger partial charge on any atom is -0.309 e. The van der Waals surface area contributed by atoms with Crippen molar-refractivity contribution < 1.29 is 0 Å². The van der Waals surface area contributed by atoms with Gasteiger partial charge in [0.05, 0.1) is 0 Å². The molecular weight excluding hydrogens is 216 g/mol. The molecule has 0 amide bonds. The molecule has 2 heterocycles. The third-order valence-electron chi connectivity index (χ3n) is 3.17. The molecule has 2 atom stereocenters. The predicted octanol–water partition coefficient (Wildman–Crippen LogP) is 2.55. The number of hydrogen-bond donors (Lipinski definition) is 1. The number of hydrogen-bond acceptors (Lipinski definition) is 3. The van der Waals surface area contributed by atoms with Crippen molar-refractivity contribution in [1.82, 2.24) is 10.2 Å². The SMILES string of the molecule is Cc1cc(CN2CC(C)NC(C)C2)c(C)s1. The monoisotopic (exact) mass is 238 g/mol. The van der Waals surface area contributed by atoms with Gasteiger partial charge in [-0.2, -0.15) is 0 Å². The molecule has 2 rings (SSSR count). The Morgan fingerprint density at radius 1 is 1.31 bits per heavy atom. The zero-order chi connectivity index (χ0) is 11.7. The Kier molecular flexibility index (Phi) is 3.67. The van der Waals surface area contributed by atoms with Crippen LogP contribution in [0.15, 0.2) is 6.07 Å². The summed E-state index contributed by atoms with van der Waals surface area (Å²) in [7, 11) is 0. The van der Waals surface area contributed by atoms with E-state index in [0.717, 1.165) is 6.54 Å². The van der Waals surface area contributed by atoms with E-state index in [0.29, 0.717) is 12.1 Å². The molecule has 1 aliphatic rings. The van der Waals surface area contributed by atoms with Crippen LogP contribution < -0.4 is 5.32 Å². The van der Waals surface area contributed by atoms with Crippen molar-refractivity contribution >= 4 is 11.3 Å². The maximum atomic E-state index is 3.58. The second-order valence-electron chi connectivity index (χ2n) is 5.10. The van der Waals surface area contributed by atoms with Crippen LogP contribution in [0, 0.1) is 13.8 Å². The first-order valence-electron chi connectivity index (χ1n) is 6.09. The van der Waals surface area contributed by atoms with Crippen molar-refractivity contribution in [2.75, 3.05) is 13.1 Å². The Labute approximate surface area is 103 Å². The van der Waals surface area contributed by atoms with Gasteiger partial charge in [0.1, 0.15) is 0 Å². The van der Waals surface area contributed by atoms with Crippen LogP contribution >= 0.6 is 11.3 Å². The van der Waals surface area contributed by atoms with Gasteiger partial charge in [-0.1, -0.05) is 0 Å². The zero-order valence-corrected chi connectivity index (χ0v) is 11.5. The standard InChI is InChI=1S/C13H22N2S/c1-9-6-15(7-10(2)14-9)8-13-5-11(3)16-12(13)4/h5,9-10,14H,6-8H2,1-4H3. The molecule has 1 saturated heterocycles. The summed E-state index contributed by atoms with van der Waals surface area (Å²) >= 11 is 1.92. The highest BCUT2D eigenvalue weighted by atomic mass is 32.1. The minimum absolute atomic E-state index is 0.615. The summed E-state index contributed by atoms with van der Waals surface area (Å²) in [5.74, 6) is 0. The number of rotatable bonds is 2. The molecule has 1 aliphatic heterocycles. The number of nitrogens with zero attached hydrogens (tertiary/aromatic N) is 1. The topological polar surface area (TPSA) is 15.3 Å². The van der Waals surface area contributed by atoms with E-state index in [2.05, 4.69) is 44.0 Å². The van der Waals surface area contributed by atoms with Crippen LogP contribution in [-0.2, 0) is 6.54 Å². The van der Waals surface area contributed by atoms with E-state index < -0.39 is 0 Å². The van der Waals surface area contributed by atoms with Gasteiger partial charge in [-0.05, 0) is 39.3 Å². The van der Waals surface area contributed by atoms with Crippen LogP contribution in [0.2, 0.25) is 0 Å². The second kappa shape index (κ2) is 4.86. The van der Waals surface area contributed by atoms with E-state index in [1.165, 1.54) is 28.4 Å². The zero-order valence-electron chi connectivity index (χ0n) is 10.7. The smallest absolute Gasteiger partial charge is 0.0246 e. The van der Waals surface area contributed by atoms with Gasteiger partial charge in [-0.15, -0.1) is 11.3 Å². The molecule has 1 fully saturated rings. The van der Waals surface area contributed by atoms with Crippen molar-refractivity contribution in [2.45, 2.75) is 46.3 Å². The molecule has 1 aromatic rings. The first-order valence-corrected chi connectivity index (χ1v) is 6.90. The summed E-state index contributed by atoms with van der Waals surface area (Å²) in [4.78, 5) is 5.49. The highest BCUT2D eigenvalue weighted by Crippen LogP contribution is 2.22. The van der Waals surface area contributed by atoms with Gasteiger partial charge in [0, 0.05) is 41.5 Å². The van der Waals surface area contributed by atoms with Gasteiger partial charge in [-0.3, -0.25) is 4.90 Å².